The van der Waals surface area contributed by atoms with Gasteiger partial charge >= 0.3 is 5.97 Å². The number of nitrogens with zero attached hydrogens (tertiary/aromatic N) is 5. The van der Waals surface area contributed by atoms with E-state index in [2.05, 4.69) is 19.8 Å². The zero-order valence-electron chi connectivity index (χ0n) is 23.9. The van der Waals surface area contributed by atoms with Crippen molar-refractivity contribution in [1.29, 1.82) is 5.26 Å². The number of allylic oxidation sites excluding steroid dienone is 1. The summed E-state index contributed by atoms with van der Waals surface area (Å²) in [6.07, 6.45) is 0.616. The van der Waals surface area contributed by atoms with Crippen molar-refractivity contribution < 1.29 is 24.0 Å². The average molecular weight is 662 g/mol. The van der Waals surface area contributed by atoms with Crippen molar-refractivity contribution in [3.8, 4) is 6.07 Å². The first-order valence-corrected chi connectivity index (χ1v) is 16.5. The van der Waals surface area contributed by atoms with Crippen LogP contribution in [0.4, 0.5) is 5.13 Å². The number of thioether (sulfide) groups is 2. The number of rotatable bonds is 12. The second-order valence-corrected chi connectivity index (χ2v) is 12.3. The molecule has 230 valence electrons. The van der Waals surface area contributed by atoms with Crippen LogP contribution in [0.25, 0.3) is 0 Å². The molecule has 1 aromatic heterocycles. The van der Waals surface area contributed by atoms with E-state index in [4.69, 9.17) is 20.6 Å². The molecular weight excluding hydrogens is 635 g/mol. The van der Waals surface area contributed by atoms with Crippen LogP contribution >= 0.6 is 35.1 Å². The van der Waals surface area contributed by atoms with Gasteiger partial charge in [-0.3, -0.25) is 14.5 Å². The predicted molar refractivity (Wildman–Crippen MR) is 173 cm³/mol. The van der Waals surface area contributed by atoms with Crippen LogP contribution in [0.3, 0.4) is 0 Å². The Morgan fingerprint density at radius 3 is 2.51 bits per heavy atom. The van der Waals surface area contributed by atoms with Gasteiger partial charge < -0.3 is 20.6 Å². The number of hydrogen-bond donors (Lipinski definition) is 2. The molecule has 2 atom stereocenters. The van der Waals surface area contributed by atoms with Gasteiger partial charge in [-0.2, -0.15) is 14.6 Å². The molecule has 3 aromatic rings. The van der Waals surface area contributed by atoms with Crippen LogP contribution in [0.15, 0.2) is 88.6 Å². The highest BCUT2D eigenvalue weighted by Gasteiger charge is 2.55. The Morgan fingerprint density at radius 1 is 1.22 bits per heavy atom. The van der Waals surface area contributed by atoms with Gasteiger partial charge in [0.25, 0.3) is 11.8 Å². The predicted octanol–water partition coefficient (Wildman–Crippen LogP) is 3.62. The fourth-order valence-electron chi connectivity index (χ4n) is 4.61. The highest BCUT2D eigenvalue weighted by Crippen LogP contribution is 2.42. The van der Waals surface area contributed by atoms with E-state index >= 15 is 0 Å². The maximum atomic E-state index is 14.0. The minimum absolute atomic E-state index is 0.0230. The number of hydrogen-bond acceptors (Lipinski definition) is 13. The second-order valence-electron chi connectivity index (χ2n) is 9.48. The third kappa shape index (κ3) is 7.19. The summed E-state index contributed by atoms with van der Waals surface area (Å²) in [6.45, 7) is 1.89. The summed E-state index contributed by atoms with van der Waals surface area (Å²) in [5, 5.41) is 16.6. The van der Waals surface area contributed by atoms with E-state index in [0.717, 1.165) is 22.7 Å². The lowest BCUT2D eigenvalue weighted by molar-refractivity contribution is -0.154. The number of β-lactam (4-membered cyclic amide) rings is 1. The number of benzene rings is 2. The summed E-state index contributed by atoms with van der Waals surface area (Å²) in [4.78, 5) is 51.4. The first-order valence-electron chi connectivity index (χ1n) is 13.7. The van der Waals surface area contributed by atoms with Crippen molar-refractivity contribution in [2.24, 2.45) is 5.16 Å². The molecule has 0 spiro atoms. The summed E-state index contributed by atoms with van der Waals surface area (Å²) in [7, 11) is 0. The topological polar surface area (TPSA) is 173 Å². The molecule has 1 unspecified atom stereocenters. The first-order chi connectivity index (χ1) is 21.9. The highest BCUT2D eigenvalue weighted by atomic mass is 32.2. The molecule has 5 rings (SSSR count). The van der Waals surface area contributed by atoms with Crippen molar-refractivity contribution >= 4 is 63.7 Å². The van der Waals surface area contributed by atoms with E-state index in [1.54, 1.807) is 12.3 Å². The largest absolute Gasteiger partial charge is 0.448 e. The smallest absolute Gasteiger partial charge is 0.356 e. The number of nitrogens with one attached hydrogen (secondary N) is 1. The Labute approximate surface area is 271 Å². The number of ether oxygens (including phenoxy) is 1. The normalized spacial score (nSPS) is 17.9. The van der Waals surface area contributed by atoms with Crippen molar-refractivity contribution in [3.05, 3.63) is 100 Å². The van der Waals surface area contributed by atoms with Crippen LogP contribution in [0.2, 0.25) is 0 Å². The molecule has 2 amide bonds. The SMILES string of the molecule is CCON=C(C(=O)NC1C(=O)N2C(C(=O)OC(c3ccccc3)c3ccccc3)=C(CS/C=C\C#N)CS[C@H]12)c1nsc(N)n1. The molecule has 0 bridgehead atoms. The van der Waals surface area contributed by atoms with Crippen LogP contribution in [-0.4, -0.2) is 67.3 Å². The monoisotopic (exact) mass is 661 g/mol. The Balaban J connectivity index is 1.41. The molecule has 1 fully saturated rings. The van der Waals surface area contributed by atoms with Crippen LogP contribution in [0.1, 0.15) is 30.0 Å². The van der Waals surface area contributed by atoms with Crippen molar-refractivity contribution in [3.63, 3.8) is 0 Å². The molecule has 2 aromatic carbocycles. The molecule has 3 N–H and O–H groups in total. The standard InChI is InChI=1S/C30H27N7O5S3/c1-2-41-35-21(25-34-30(32)45-36-25)26(38)33-22-27(39)37-23(20(17-44-28(22)37)16-43-15-9-14-31)29(40)42-24(18-10-5-3-6-11-18)19-12-7-4-8-13-19/h3-13,15,22,24,28H,2,16-17H2,1H3,(H,33,38)(H2,32,34,36)/b15-9-,35-21?/t22?,28-/m1/s1. The van der Waals surface area contributed by atoms with Gasteiger partial charge in [0.15, 0.2) is 11.2 Å². The summed E-state index contributed by atoms with van der Waals surface area (Å²) in [5.74, 6) is -1.15. The van der Waals surface area contributed by atoms with Crippen LogP contribution in [0.5, 0.6) is 0 Å². The van der Waals surface area contributed by atoms with Gasteiger partial charge in [-0.05, 0) is 29.0 Å². The van der Waals surface area contributed by atoms with E-state index in [0.29, 0.717) is 17.1 Å². The van der Waals surface area contributed by atoms with Crippen molar-refractivity contribution in [1.82, 2.24) is 19.6 Å². The molecular formula is C30H27N7O5S3. The zero-order chi connectivity index (χ0) is 31.8. The lowest BCUT2D eigenvalue weighted by Crippen LogP contribution is -2.71. The molecule has 1 saturated heterocycles. The van der Waals surface area contributed by atoms with Crippen molar-refractivity contribution in [2.45, 2.75) is 24.4 Å². The zero-order valence-corrected chi connectivity index (χ0v) is 26.3. The molecule has 0 radical (unpaired) electrons. The number of anilines is 1. The van der Waals surface area contributed by atoms with Crippen LogP contribution < -0.4 is 11.1 Å². The fraction of sp³-hybridized carbons (Fsp3) is 0.233. The Morgan fingerprint density at radius 2 is 1.91 bits per heavy atom. The maximum Gasteiger partial charge on any atom is 0.356 e. The lowest BCUT2D eigenvalue weighted by atomic mass is 10.0. The van der Waals surface area contributed by atoms with Gasteiger partial charge in [-0.25, -0.2) is 4.79 Å². The number of fused-ring (bicyclic) bond motifs is 1. The lowest BCUT2D eigenvalue weighted by Gasteiger charge is -2.49. The minimum atomic E-state index is -0.958. The molecule has 0 saturated carbocycles. The Kier molecular flexibility index (Phi) is 10.5. The average Bonchev–Trinajstić information content (AvgIpc) is 3.50. The third-order valence-corrected chi connectivity index (χ3v) is 9.33. The van der Waals surface area contributed by atoms with Gasteiger partial charge in [-0.1, -0.05) is 65.8 Å². The molecule has 45 heavy (non-hydrogen) atoms. The van der Waals surface area contributed by atoms with Gasteiger partial charge in [-0.15, -0.1) is 23.5 Å². The van der Waals surface area contributed by atoms with Gasteiger partial charge in [0, 0.05) is 29.1 Å². The minimum Gasteiger partial charge on any atom is -0.448 e. The van der Waals surface area contributed by atoms with Crippen LogP contribution in [-0.2, 0) is 24.0 Å². The summed E-state index contributed by atoms with van der Waals surface area (Å²) in [5.41, 5.74) is 7.81. The molecule has 0 aliphatic carbocycles. The van der Waals surface area contributed by atoms with Crippen molar-refractivity contribution in [2.75, 3.05) is 23.8 Å². The Bertz CT molecular complexity index is 1650. The number of nitrogens with two attached hydrogens (primary N) is 1. The second kappa shape index (κ2) is 14.9. The Hall–Kier alpha value is -4.65. The number of esters is 1. The highest BCUT2D eigenvalue weighted by molar-refractivity contribution is 8.02. The molecule has 12 nitrogen and oxygen atoms in total. The quantitative estimate of drug-likeness (QED) is 0.0954. The van der Waals surface area contributed by atoms with Gasteiger partial charge in [0.05, 0.1) is 6.07 Å². The van der Waals surface area contributed by atoms with E-state index in [1.165, 1.54) is 34.5 Å². The molecule has 2 aliphatic heterocycles. The van der Waals surface area contributed by atoms with Gasteiger partial charge in [0.2, 0.25) is 11.5 Å². The van der Waals surface area contributed by atoms with Crippen LogP contribution in [0, 0.1) is 11.3 Å². The third-order valence-electron chi connectivity index (χ3n) is 6.61. The summed E-state index contributed by atoms with van der Waals surface area (Å²) >= 11 is 3.62. The molecule has 2 aliphatic rings. The number of aromatic nitrogens is 2. The van der Waals surface area contributed by atoms with E-state index in [9.17, 15) is 14.4 Å². The molecule has 15 heteroatoms. The van der Waals surface area contributed by atoms with E-state index in [-0.39, 0.29) is 29.0 Å². The number of oxime groups is 1. The van der Waals surface area contributed by atoms with E-state index in [1.807, 2.05) is 66.7 Å². The molecule has 3 heterocycles. The first kappa shape index (κ1) is 31.8. The number of nitrogen functional groups attached to an aromatic ring is 1. The number of amides is 2. The number of carbonyl (C=O) groups excluding carboxylic acids is 3. The summed E-state index contributed by atoms with van der Waals surface area (Å²) in [6, 6.07) is 19.7. The maximum absolute atomic E-state index is 14.0. The number of carbonyl (C=O) groups is 3. The van der Waals surface area contributed by atoms with E-state index < -0.39 is 35.3 Å². The number of nitriles is 1. The summed E-state index contributed by atoms with van der Waals surface area (Å²) < 4.78 is 10.2. The van der Waals surface area contributed by atoms with Gasteiger partial charge in [0.1, 0.15) is 23.7 Å². The fourth-order valence-corrected chi connectivity index (χ4v) is 7.21.